The topological polar surface area (TPSA) is 36.4 Å². The molecule has 2 heterocycles. The standard InChI is InChI=1S/C13H22N2OS/c1-10(2)8-15-6-3-4-11(9-15)12(16)13-14-5-7-17-13/h5,7,10-12,16H,3-4,6,8-9H2,1-2H3/t11-,12?/m0/s1. The van der Waals surface area contributed by atoms with E-state index < -0.39 is 0 Å². The Morgan fingerprint density at radius 3 is 3.06 bits per heavy atom. The number of aliphatic hydroxyl groups is 1. The fraction of sp³-hybridized carbons (Fsp3) is 0.769. The summed E-state index contributed by atoms with van der Waals surface area (Å²) in [6.45, 7) is 7.83. The highest BCUT2D eigenvalue weighted by Crippen LogP contribution is 2.30. The van der Waals surface area contributed by atoms with Crippen molar-refractivity contribution in [2.45, 2.75) is 32.8 Å². The summed E-state index contributed by atoms with van der Waals surface area (Å²) in [5, 5.41) is 13.1. The third-order valence-corrected chi connectivity index (χ3v) is 4.16. The summed E-state index contributed by atoms with van der Waals surface area (Å²) < 4.78 is 0. The minimum Gasteiger partial charge on any atom is -0.386 e. The van der Waals surface area contributed by atoms with E-state index in [-0.39, 0.29) is 6.10 Å². The predicted octanol–water partition coefficient (Wildman–Crippen LogP) is 2.54. The van der Waals surface area contributed by atoms with Gasteiger partial charge in [0.25, 0.3) is 0 Å². The molecule has 0 amide bonds. The molecule has 17 heavy (non-hydrogen) atoms. The lowest BCUT2D eigenvalue weighted by molar-refractivity contribution is 0.0462. The highest BCUT2D eigenvalue weighted by atomic mass is 32.1. The smallest absolute Gasteiger partial charge is 0.121 e. The maximum absolute atomic E-state index is 10.3. The summed E-state index contributed by atoms with van der Waals surface area (Å²) in [6, 6.07) is 0. The molecule has 0 bridgehead atoms. The quantitative estimate of drug-likeness (QED) is 0.897. The van der Waals surface area contributed by atoms with Crippen LogP contribution in [0, 0.1) is 11.8 Å². The van der Waals surface area contributed by atoms with Crippen LogP contribution in [0.1, 0.15) is 37.8 Å². The normalized spacial score (nSPS) is 24.1. The highest BCUT2D eigenvalue weighted by molar-refractivity contribution is 7.09. The van der Waals surface area contributed by atoms with Gasteiger partial charge < -0.3 is 10.0 Å². The van der Waals surface area contributed by atoms with E-state index in [1.165, 1.54) is 13.0 Å². The minimum atomic E-state index is -0.370. The van der Waals surface area contributed by atoms with E-state index in [2.05, 4.69) is 23.7 Å². The zero-order chi connectivity index (χ0) is 12.3. The molecule has 0 radical (unpaired) electrons. The first-order chi connectivity index (χ1) is 8.16. The van der Waals surface area contributed by atoms with Gasteiger partial charge in [-0.15, -0.1) is 11.3 Å². The summed E-state index contributed by atoms with van der Waals surface area (Å²) >= 11 is 1.56. The summed E-state index contributed by atoms with van der Waals surface area (Å²) in [5.74, 6) is 1.06. The number of nitrogens with zero attached hydrogens (tertiary/aromatic N) is 2. The van der Waals surface area contributed by atoms with Crippen LogP contribution >= 0.6 is 11.3 Å². The summed E-state index contributed by atoms with van der Waals surface area (Å²) in [5.41, 5.74) is 0. The number of likely N-dealkylation sites (tertiary alicyclic amines) is 1. The van der Waals surface area contributed by atoms with Crippen LogP contribution in [0.4, 0.5) is 0 Å². The van der Waals surface area contributed by atoms with Gasteiger partial charge in [0, 0.05) is 30.6 Å². The number of piperidine rings is 1. The molecule has 1 saturated heterocycles. The Labute approximate surface area is 107 Å². The third kappa shape index (κ3) is 3.50. The summed E-state index contributed by atoms with van der Waals surface area (Å²) in [7, 11) is 0. The first kappa shape index (κ1) is 13.0. The molecule has 4 heteroatoms. The van der Waals surface area contributed by atoms with Gasteiger partial charge in [-0.05, 0) is 25.3 Å². The summed E-state index contributed by atoms with van der Waals surface area (Å²) in [4.78, 5) is 6.71. The Morgan fingerprint density at radius 2 is 2.41 bits per heavy atom. The van der Waals surface area contributed by atoms with Crippen LogP contribution in [-0.2, 0) is 0 Å². The van der Waals surface area contributed by atoms with Crippen LogP contribution in [0.3, 0.4) is 0 Å². The van der Waals surface area contributed by atoms with Gasteiger partial charge in [0.1, 0.15) is 11.1 Å². The Morgan fingerprint density at radius 1 is 1.59 bits per heavy atom. The van der Waals surface area contributed by atoms with Crippen LogP contribution in [-0.4, -0.2) is 34.6 Å². The molecule has 0 spiro atoms. The number of aliphatic hydroxyl groups excluding tert-OH is 1. The third-order valence-electron chi connectivity index (χ3n) is 3.32. The fourth-order valence-electron chi connectivity index (χ4n) is 2.61. The monoisotopic (exact) mass is 254 g/mol. The molecule has 1 fully saturated rings. The van der Waals surface area contributed by atoms with E-state index in [0.717, 1.165) is 24.5 Å². The Hall–Kier alpha value is -0.450. The maximum Gasteiger partial charge on any atom is 0.121 e. The van der Waals surface area contributed by atoms with Crippen molar-refractivity contribution in [3.63, 3.8) is 0 Å². The van der Waals surface area contributed by atoms with Gasteiger partial charge in [-0.3, -0.25) is 0 Å². The average molecular weight is 254 g/mol. The van der Waals surface area contributed by atoms with Crippen LogP contribution in [0.5, 0.6) is 0 Å². The van der Waals surface area contributed by atoms with E-state index >= 15 is 0 Å². The molecule has 1 aliphatic rings. The van der Waals surface area contributed by atoms with Gasteiger partial charge in [-0.2, -0.15) is 0 Å². The lowest BCUT2D eigenvalue weighted by Crippen LogP contribution is -2.39. The van der Waals surface area contributed by atoms with E-state index in [0.29, 0.717) is 11.8 Å². The first-order valence-electron chi connectivity index (χ1n) is 6.46. The lowest BCUT2D eigenvalue weighted by atomic mass is 9.92. The predicted molar refractivity (Wildman–Crippen MR) is 71.1 cm³/mol. The Bertz CT molecular complexity index is 326. The largest absolute Gasteiger partial charge is 0.386 e. The second-order valence-corrected chi connectivity index (χ2v) is 6.30. The van der Waals surface area contributed by atoms with Crippen LogP contribution in [0.15, 0.2) is 11.6 Å². The zero-order valence-electron chi connectivity index (χ0n) is 10.7. The van der Waals surface area contributed by atoms with Gasteiger partial charge >= 0.3 is 0 Å². The van der Waals surface area contributed by atoms with Crippen molar-refractivity contribution in [3.8, 4) is 0 Å². The number of thiazole rings is 1. The van der Waals surface area contributed by atoms with Crippen LogP contribution in [0.2, 0.25) is 0 Å². The van der Waals surface area contributed by atoms with Crippen LogP contribution in [0.25, 0.3) is 0 Å². The zero-order valence-corrected chi connectivity index (χ0v) is 11.5. The van der Waals surface area contributed by atoms with Gasteiger partial charge in [-0.25, -0.2) is 4.98 Å². The van der Waals surface area contributed by atoms with Gasteiger partial charge in [0.15, 0.2) is 0 Å². The van der Waals surface area contributed by atoms with Crippen molar-refractivity contribution in [1.29, 1.82) is 0 Å². The molecular formula is C13H22N2OS. The van der Waals surface area contributed by atoms with Crippen molar-refractivity contribution >= 4 is 11.3 Å². The molecule has 0 saturated carbocycles. The van der Waals surface area contributed by atoms with Crippen molar-refractivity contribution in [3.05, 3.63) is 16.6 Å². The molecular weight excluding hydrogens is 232 g/mol. The van der Waals surface area contributed by atoms with E-state index in [4.69, 9.17) is 0 Å². The van der Waals surface area contributed by atoms with E-state index in [9.17, 15) is 5.11 Å². The average Bonchev–Trinajstić information content (AvgIpc) is 2.81. The van der Waals surface area contributed by atoms with Gasteiger partial charge in [-0.1, -0.05) is 13.8 Å². The first-order valence-corrected chi connectivity index (χ1v) is 7.34. The molecule has 1 aromatic rings. The lowest BCUT2D eigenvalue weighted by Gasteiger charge is -2.35. The number of aromatic nitrogens is 1. The number of hydrogen-bond acceptors (Lipinski definition) is 4. The second-order valence-electron chi connectivity index (χ2n) is 5.37. The van der Waals surface area contributed by atoms with Crippen molar-refractivity contribution < 1.29 is 5.11 Å². The SMILES string of the molecule is CC(C)CN1CCC[C@H](C(O)c2nccs2)C1. The van der Waals surface area contributed by atoms with Gasteiger partial charge in [0.05, 0.1) is 0 Å². The second kappa shape index (κ2) is 5.94. The molecule has 1 unspecified atom stereocenters. The van der Waals surface area contributed by atoms with Crippen LogP contribution < -0.4 is 0 Å². The fourth-order valence-corrected chi connectivity index (χ4v) is 3.33. The van der Waals surface area contributed by atoms with Gasteiger partial charge in [0.2, 0.25) is 0 Å². The maximum atomic E-state index is 10.3. The van der Waals surface area contributed by atoms with Crippen molar-refractivity contribution in [2.75, 3.05) is 19.6 Å². The molecule has 96 valence electrons. The molecule has 0 aliphatic carbocycles. The Balaban J connectivity index is 1.92. The minimum absolute atomic E-state index is 0.355. The molecule has 3 nitrogen and oxygen atoms in total. The molecule has 2 atom stereocenters. The molecule has 0 aromatic carbocycles. The molecule has 2 rings (SSSR count). The summed E-state index contributed by atoms with van der Waals surface area (Å²) in [6.07, 6.45) is 3.72. The molecule has 1 aromatic heterocycles. The Kier molecular flexibility index (Phi) is 4.54. The number of rotatable bonds is 4. The molecule has 1 aliphatic heterocycles. The van der Waals surface area contributed by atoms with E-state index in [1.807, 2.05) is 5.38 Å². The van der Waals surface area contributed by atoms with Crippen molar-refractivity contribution in [2.24, 2.45) is 11.8 Å². The van der Waals surface area contributed by atoms with Crippen molar-refractivity contribution in [1.82, 2.24) is 9.88 Å². The highest BCUT2D eigenvalue weighted by Gasteiger charge is 2.28. The molecule has 1 N–H and O–H groups in total. The van der Waals surface area contributed by atoms with E-state index in [1.54, 1.807) is 17.5 Å². The number of hydrogen-bond donors (Lipinski definition) is 1.